The maximum Gasteiger partial charge on any atom is 0.218 e. The van der Waals surface area contributed by atoms with Crippen molar-refractivity contribution in [3.63, 3.8) is 0 Å². The first-order valence-corrected chi connectivity index (χ1v) is 9.35. The van der Waals surface area contributed by atoms with E-state index in [4.69, 9.17) is 9.47 Å². The molecule has 27 heavy (non-hydrogen) atoms. The summed E-state index contributed by atoms with van der Waals surface area (Å²) in [5.41, 5.74) is 2.14. The van der Waals surface area contributed by atoms with Crippen molar-refractivity contribution in [3.8, 4) is 5.88 Å². The lowest BCUT2D eigenvalue weighted by Crippen LogP contribution is -2.39. The van der Waals surface area contributed by atoms with Crippen molar-refractivity contribution in [2.75, 3.05) is 33.9 Å². The van der Waals surface area contributed by atoms with Crippen LogP contribution >= 0.6 is 0 Å². The van der Waals surface area contributed by atoms with E-state index < -0.39 is 0 Å². The van der Waals surface area contributed by atoms with Gasteiger partial charge in [-0.15, -0.1) is 0 Å². The Bertz CT molecular complexity index is 736. The van der Waals surface area contributed by atoms with E-state index in [0.717, 1.165) is 43.2 Å². The van der Waals surface area contributed by atoms with E-state index in [1.807, 2.05) is 49.5 Å². The molecule has 0 aliphatic carbocycles. The van der Waals surface area contributed by atoms with Gasteiger partial charge >= 0.3 is 0 Å². The van der Waals surface area contributed by atoms with Crippen LogP contribution in [0.4, 0.5) is 0 Å². The number of pyridine rings is 1. The van der Waals surface area contributed by atoms with Gasteiger partial charge in [0.2, 0.25) is 5.88 Å². The van der Waals surface area contributed by atoms with Gasteiger partial charge in [0, 0.05) is 51.5 Å². The molecule has 1 aromatic heterocycles. The number of nitrogens with one attached hydrogen (secondary N) is 1. The Morgan fingerprint density at radius 2 is 2.11 bits per heavy atom. The molecule has 0 radical (unpaired) electrons. The second-order valence-electron chi connectivity index (χ2n) is 6.70. The Morgan fingerprint density at radius 3 is 2.89 bits per heavy atom. The molecule has 2 aromatic rings. The standard InChI is InChI=1S/C21H28N4O2/c1-22-21(25-12-10-18(14-25)15-26-2)24-13-19-9-6-11-23-20(19)27-16-17-7-4-3-5-8-17/h3-9,11,18H,10,12-16H2,1-2H3,(H,22,24). The molecule has 1 unspecified atom stereocenters. The van der Waals surface area contributed by atoms with Gasteiger partial charge in [0.15, 0.2) is 5.96 Å². The number of aromatic nitrogens is 1. The molecule has 1 fully saturated rings. The summed E-state index contributed by atoms with van der Waals surface area (Å²) in [5.74, 6) is 2.13. The van der Waals surface area contributed by atoms with Crippen molar-refractivity contribution < 1.29 is 9.47 Å². The minimum atomic E-state index is 0.504. The maximum absolute atomic E-state index is 5.94. The lowest BCUT2D eigenvalue weighted by molar-refractivity contribution is 0.157. The Balaban J connectivity index is 1.57. The van der Waals surface area contributed by atoms with Gasteiger partial charge in [-0.05, 0) is 18.1 Å². The predicted octanol–water partition coefficient (Wildman–Crippen LogP) is 2.70. The molecule has 0 spiro atoms. The first-order valence-electron chi connectivity index (χ1n) is 9.35. The van der Waals surface area contributed by atoms with E-state index in [0.29, 0.717) is 24.9 Å². The van der Waals surface area contributed by atoms with E-state index in [-0.39, 0.29) is 0 Å². The lowest BCUT2D eigenvalue weighted by Gasteiger charge is -2.22. The second kappa shape index (κ2) is 9.92. The molecule has 144 valence electrons. The normalized spacial score (nSPS) is 17.2. The van der Waals surface area contributed by atoms with Gasteiger partial charge in [-0.1, -0.05) is 36.4 Å². The number of guanidine groups is 1. The monoisotopic (exact) mass is 368 g/mol. The fraction of sp³-hybridized carbons (Fsp3) is 0.429. The molecule has 1 aromatic carbocycles. The molecule has 0 bridgehead atoms. The maximum atomic E-state index is 5.94. The van der Waals surface area contributed by atoms with Crippen LogP contribution in [0.2, 0.25) is 0 Å². The summed E-state index contributed by atoms with van der Waals surface area (Å²) in [7, 11) is 3.58. The number of benzene rings is 1. The highest BCUT2D eigenvalue weighted by atomic mass is 16.5. The summed E-state index contributed by atoms with van der Waals surface area (Å²) in [6.07, 6.45) is 2.89. The van der Waals surface area contributed by atoms with Crippen LogP contribution in [0.15, 0.2) is 53.7 Å². The summed E-state index contributed by atoms with van der Waals surface area (Å²) in [6, 6.07) is 14.1. The van der Waals surface area contributed by atoms with E-state index in [9.17, 15) is 0 Å². The number of hydrogen-bond acceptors (Lipinski definition) is 4. The molecule has 6 nitrogen and oxygen atoms in total. The topological polar surface area (TPSA) is 59.0 Å². The van der Waals surface area contributed by atoms with Crippen molar-refractivity contribution in [3.05, 3.63) is 59.8 Å². The largest absolute Gasteiger partial charge is 0.473 e. The number of hydrogen-bond donors (Lipinski definition) is 1. The van der Waals surface area contributed by atoms with Crippen LogP contribution in [0, 0.1) is 5.92 Å². The minimum absolute atomic E-state index is 0.504. The highest BCUT2D eigenvalue weighted by Crippen LogP contribution is 2.18. The zero-order valence-corrected chi connectivity index (χ0v) is 16.1. The Labute approximate surface area is 161 Å². The molecular weight excluding hydrogens is 340 g/mol. The highest BCUT2D eigenvalue weighted by molar-refractivity contribution is 5.80. The van der Waals surface area contributed by atoms with Crippen molar-refractivity contribution >= 4 is 5.96 Å². The third-order valence-corrected chi connectivity index (χ3v) is 4.70. The van der Waals surface area contributed by atoms with Gasteiger partial charge in [-0.25, -0.2) is 4.98 Å². The van der Waals surface area contributed by atoms with Crippen LogP contribution in [-0.2, 0) is 17.9 Å². The molecule has 1 aliphatic heterocycles. The van der Waals surface area contributed by atoms with Crippen molar-refractivity contribution in [1.82, 2.24) is 15.2 Å². The van der Waals surface area contributed by atoms with Gasteiger partial charge in [-0.3, -0.25) is 4.99 Å². The third-order valence-electron chi connectivity index (χ3n) is 4.70. The van der Waals surface area contributed by atoms with Crippen LogP contribution in [0.5, 0.6) is 5.88 Å². The smallest absolute Gasteiger partial charge is 0.218 e. The van der Waals surface area contributed by atoms with E-state index in [2.05, 4.69) is 20.2 Å². The zero-order valence-electron chi connectivity index (χ0n) is 16.1. The van der Waals surface area contributed by atoms with E-state index in [1.54, 1.807) is 13.3 Å². The Morgan fingerprint density at radius 1 is 1.26 bits per heavy atom. The number of rotatable bonds is 7. The van der Waals surface area contributed by atoms with Gasteiger partial charge in [0.1, 0.15) is 6.61 Å². The molecule has 0 saturated carbocycles. The van der Waals surface area contributed by atoms with Crippen molar-refractivity contribution in [1.29, 1.82) is 0 Å². The van der Waals surface area contributed by atoms with Crippen LogP contribution in [0.1, 0.15) is 17.5 Å². The molecule has 6 heteroatoms. The molecule has 1 aliphatic rings. The summed E-state index contributed by atoms with van der Waals surface area (Å²) >= 11 is 0. The summed E-state index contributed by atoms with van der Waals surface area (Å²) in [4.78, 5) is 11.1. The average Bonchev–Trinajstić information content (AvgIpc) is 3.17. The van der Waals surface area contributed by atoms with Gasteiger partial charge in [0.25, 0.3) is 0 Å². The molecule has 1 atom stereocenters. The van der Waals surface area contributed by atoms with Crippen LogP contribution < -0.4 is 10.1 Å². The number of methoxy groups -OCH3 is 1. The number of ether oxygens (including phenoxy) is 2. The zero-order chi connectivity index (χ0) is 18.9. The van der Waals surface area contributed by atoms with Crippen molar-refractivity contribution in [2.24, 2.45) is 10.9 Å². The fourth-order valence-corrected chi connectivity index (χ4v) is 3.32. The highest BCUT2D eigenvalue weighted by Gasteiger charge is 2.24. The minimum Gasteiger partial charge on any atom is -0.473 e. The van der Waals surface area contributed by atoms with Crippen LogP contribution in [-0.4, -0.2) is 49.7 Å². The van der Waals surface area contributed by atoms with Gasteiger partial charge in [-0.2, -0.15) is 0 Å². The fourth-order valence-electron chi connectivity index (χ4n) is 3.32. The molecular formula is C21H28N4O2. The number of nitrogens with zero attached hydrogens (tertiary/aromatic N) is 3. The second-order valence-corrected chi connectivity index (χ2v) is 6.70. The molecule has 0 amide bonds. The van der Waals surface area contributed by atoms with Crippen LogP contribution in [0.3, 0.4) is 0 Å². The van der Waals surface area contributed by atoms with Crippen LogP contribution in [0.25, 0.3) is 0 Å². The van der Waals surface area contributed by atoms with Crippen molar-refractivity contribution in [2.45, 2.75) is 19.6 Å². The average molecular weight is 368 g/mol. The first kappa shape index (κ1) is 19.2. The van der Waals surface area contributed by atoms with E-state index in [1.165, 1.54) is 0 Å². The number of likely N-dealkylation sites (tertiary alicyclic amines) is 1. The Hall–Kier alpha value is -2.60. The summed E-state index contributed by atoms with van der Waals surface area (Å²) in [5, 5.41) is 3.44. The predicted molar refractivity (Wildman–Crippen MR) is 107 cm³/mol. The molecule has 1 N–H and O–H groups in total. The summed E-state index contributed by atoms with van der Waals surface area (Å²) < 4.78 is 11.2. The van der Waals surface area contributed by atoms with Gasteiger partial charge in [0.05, 0.1) is 6.61 Å². The number of aliphatic imine (C=N–C) groups is 1. The SMILES string of the molecule is CN=C(NCc1cccnc1OCc1ccccc1)N1CCC(COC)C1. The Kier molecular flexibility index (Phi) is 7.04. The molecule has 1 saturated heterocycles. The first-order chi connectivity index (χ1) is 13.3. The summed E-state index contributed by atoms with van der Waals surface area (Å²) in [6.45, 7) is 3.89. The molecule has 2 heterocycles. The third kappa shape index (κ3) is 5.44. The molecule has 3 rings (SSSR count). The van der Waals surface area contributed by atoms with E-state index >= 15 is 0 Å². The lowest BCUT2D eigenvalue weighted by atomic mass is 10.1. The quantitative estimate of drug-likeness (QED) is 0.601. The van der Waals surface area contributed by atoms with Gasteiger partial charge < -0.3 is 19.7 Å².